The Labute approximate surface area is 132 Å². The van der Waals surface area contributed by atoms with E-state index in [1.165, 1.54) is 17.3 Å². The fraction of sp³-hybridized carbons (Fsp3) is 0.214. The smallest absolute Gasteiger partial charge is 0.241 e. The Morgan fingerprint density at radius 2 is 2.00 bits per heavy atom. The Hall–Kier alpha value is -3.23. The number of hydrogen-bond acceptors (Lipinski definition) is 6. The van der Waals surface area contributed by atoms with Crippen molar-refractivity contribution < 1.29 is 4.79 Å². The zero-order chi connectivity index (χ0) is 15.9. The monoisotopic (exact) mass is 312 g/mol. The molecule has 3 aromatic heterocycles. The van der Waals surface area contributed by atoms with Crippen LogP contribution in [0.3, 0.4) is 0 Å². The third-order valence-electron chi connectivity index (χ3n) is 3.04. The maximum absolute atomic E-state index is 11.6. The van der Waals surface area contributed by atoms with E-state index >= 15 is 0 Å². The number of carbonyl (C=O) groups excluding carboxylic acids is 1. The molecule has 1 amide bonds. The summed E-state index contributed by atoms with van der Waals surface area (Å²) in [5.41, 5.74) is 0. The summed E-state index contributed by atoms with van der Waals surface area (Å²) in [5, 5.41) is 18.0. The molecule has 3 aromatic rings. The quantitative estimate of drug-likeness (QED) is 0.599. The molecule has 23 heavy (non-hydrogen) atoms. The Morgan fingerprint density at radius 1 is 1.13 bits per heavy atom. The molecule has 3 rings (SSSR count). The minimum atomic E-state index is -0.119. The molecule has 0 saturated heterocycles. The van der Waals surface area contributed by atoms with E-state index < -0.39 is 0 Å². The fourth-order valence-corrected chi connectivity index (χ4v) is 1.95. The average molecular weight is 312 g/mol. The Morgan fingerprint density at radius 3 is 2.70 bits per heavy atom. The lowest BCUT2D eigenvalue weighted by atomic mass is 10.4. The molecule has 0 aliphatic rings. The second-order valence-corrected chi connectivity index (χ2v) is 4.74. The number of nitrogens with one attached hydrogen (secondary N) is 2. The summed E-state index contributed by atoms with van der Waals surface area (Å²) in [6, 6.07) is 7.57. The van der Waals surface area contributed by atoms with Gasteiger partial charge < -0.3 is 15.2 Å². The first-order chi connectivity index (χ1) is 11.3. The molecular formula is C14H16N8O. The molecule has 118 valence electrons. The highest BCUT2D eigenvalue weighted by molar-refractivity contribution is 5.75. The summed E-state index contributed by atoms with van der Waals surface area (Å²) < 4.78 is 3.34. The average Bonchev–Trinajstić information content (AvgIpc) is 3.26. The van der Waals surface area contributed by atoms with Crippen molar-refractivity contribution in [2.24, 2.45) is 0 Å². The van der Waals surface area contributed by atoms with E-state index in [9.17, 15) is 4.79 Å². The molecule has 0 bridgehead atoms. The maximum Gasteiger partial charge on any atom is 0.241 e. The standard InChI is InChI=1S/C14H16N8O/c23-14(9-22-11-15-10-18-22)17-6-5-16-12-3-4-13(20-19-12)21-7-1-2-8-21/h1-4,7-8,10-11H,5-6,9H2,(H,16,19)(H,17,23). The summed E-state index contributed by atoms with van der Waals surface area (Å²) in [6.45, 7) is 1.20. The van der Waals surface area contributed by atoms with E-state index in [1.54, 1.807) is 0 Å². The third kappa shape index (κ3) is 4.13. The van der Waals surface area contributed by atoms with Gasteiger partial charge in [0.25, 0.3) is 0 Å². The van der Waals surface area contributed by atoms with Crippen molar-refractivity contribution in [3.63, 3.8) is 0 Å². The van der Waals surface area contributed by atoms with Crippen LogP contribution >= 0.6 is 0 Å². The topological polar surface area (TPSA) is 103 Å². The molecule has 0 atom stereocenters. The molecule has 0 unspecified atom stereocenters. The van der Waals surface area contributed by atoms with E-state index in [-0.39, 0.29) is 12.5 Å². The van der Waals surface area contributed by atoms with Crippen LogP contribution < -0.4 is 10.6 Å². The van der Waals surface area contributed by atoms with Crippen molar-refractivity contribution in [3.8, 4) is 5.82 Å². The Kier molecular flexibility index (Phi) is 4.58. The Balaban J connectivity index is 1.39. The zero-order valence-electron chi connectivity index (χ0n) is 12.3. The van der Waals surface area contributed by atoms with Crippen LogP contribution in [0.2, 0.25) is 0 Å². The van der Waals surface area contributed by atoms with Crippen LogP contribution in [0.4, 0.5) is 5.82 Å². The van der Waals surface area contributed by atoms with Gasteiger partial charge in [0.05, 0.1) is 0 Å². The number of rotatable bonds is 7. The first kappa shape index (κ1) is 14.7. The van der Waals surface area contributed by atoms with Crippen LogP contribution in [0.5, 0.6) is 0 Å². The number of hydrogen-bond donors (Lipinski definition) is 2. The largest absolute Gasteiger partial charge is 0.367 e. The molecular weight excluding hydrogens is 296 g/mol. The van der Waals surface area contributed by atoms with Crippen LogP contribution in [-0.2, 0) is 11.3 Å². The predicted molar refractivity (Wildman–Crippen MR) is 82.9 cm³/mol. The predicted octanol–water partition coefficient (Wildman–Crippen LogP) is 0.0871. The molecule has 3 heterocycles. The van der Waals surface area contributed by atoms with Gasteiger partial charge in [0, 0.05) is 25.5 Å². The van der Waals surface area contributed by atoms with Crippen molar-refractivity contribution in [2.75, 3.05) is 18.4 Å². The van der Waals surface area contributed by atoms with Crippen molar-refractivity contribution in [1.82, 2.24) is 34.8 Å². The maximum atomic E-state index is 11.6. The van der Waals surface area contributed by atoms with Crippen molar-refractivity contribution >= 4 is 11.7 Å². The van der Waals surface area contributed by atoms with Gasteiger partial charge in [0.15, 0.2) is 5.82 Å². The summed E-state index contributed by atoms with van der Waals surface area (Å²) in [6.07, 6.45) is 6.70. The van der Waals surface area contributed by atoms with Crippen LogP contribution in [0.25, 0.3) is 5.82 Å². The first-order valence-corrected chi connectivity index (χ1v) is 7.11. The van der Waals surface area contributed by atoms with E-state index in [0.717, 1.165) is 5.82 Å². The van der Waals surface area contributed by atoms with E-state index in [0.29, 0.717) is 18.9 Å². The van der Waals surface area contributed by atoms with Gasteiger partial charge in [-0.25, -0.2) is 9.67 Å². The van der Waals surface area contributed by atoms with Crippen LogP contribution in [0.1, 0.15) is 0 Å². The second kappa shape index (κ2) is 7.16. The Bertz CT molecular complexity index is 721. The molecule has 9 nitrogen and oxygen atoms in total. The lowest BCUT2D eigenvalue weighted by Gasteiger charge is -2.07. The van der Waals surface area contributed by atoms with Crippen LogP contribution in [-0.4, -0.2) is 48.5 Å². The fourth-order valence-electron chi connectivity index (χ4n) is 1.95. The molecule has 0 aromatic carbocycles. The molecule has 0 radical (unpaired) electrons. The highest BCUT2D eigenvalue weighted by atomic mass is 16.2. The van der Waals surface area contributed by atoms with E-state index in [4.69, 9.17) is 0 Å². The SMILES string of the molecule is O=C(Cn1cncn1)NCCNc1ccc(-n2cccc2)nn1. The van der Waals surface area contributed by atoms with E-state index in [1.807, 2.05) is 41.2 Å². The normalized spacial score (nSPS) is 10.4. The van der Waals surface area contributed by atoms with Gasteiger partial charge in [-0.3, -0.25) is 4.79 Å². The van der Waals surface area contributed by atoms with Gasteiger partial charge in [-0.05, 0) is 24.3 Å². The lowest BCUT2D eigenvalue weighted by molar-refractivity contribution is -0.121. The molecule has 0 aliphatic carbocycles. The van der Waals surface area contributed by atoms with Crippen LogP contribution in [0, 0.1) is 0 Å². The molecule has 0 saturated carbocycles. The third-order valence-corrected chi connectivity index (χ3v) is 3.04. The zero-order valence-corrected chi connectivity index (χ0v) is 12.3. The van der Waals surface area contributed by atoms with Gasteiger partial charge in [0.1, 0.15) is 25.0 Å². The van der Waals surface area contributed by atoms with Gasteiger partial charge in [-0.1, -0.05) is 0 Å². The minimum Gasteiger partial charge on any atom is -0.367 e. The molecule has 0 spiro atoms. The van der Waals surface area contributed by atoms with E-state index in [2.05, 4.69) is 30.9 Å². The molecule has 9 heteroatoms. The van der Waals surface area contributed by atoms with Crippen molar-refractivity contribution in [1.29, 1.82) is 0 Å². The van der Waals surface area contributed by atoms with Gasteiger partial charge in [-0.15, -0.1) is 10.2 Å². The molecule has 0 aliphatic heterocycles. The second-order valence-electron chi connectivity index (χ2n) is 4.74. The molecule has 0 fully saturated rings. The highest BCUT2D eigenvalue weighted by Gasteiger charge is 2.02. The first-order valence-electron chi connectivity index (χ1n) is 7.11. The van der Waals surface area contributed by atoms with Gasteiger partial charge >= 0.3 is 0 Å². The summed E-state index contributed by atoms with van der Waals surface area (Å²) in [5.74, 6) is 1.29. The number of amides is 1. The summed E-state index contributed by atoms with van der Waals surface area (Å²) in [4.78, 5) is 15.4. The lowest BCUT2D eigenvalue weighted by Crippen LogP contribution is -2.31. The highest BCUT2D eigenvalue weighted by Crippen LogP contribution is 2.06. The number of carbonyl (C=O) groups is 1. The van der Waals surface area contributed by atoms with Crippen LogP contribution in [0.15, 0.2) is 49.3 Å². The van der Waals surface area contributed by atoms with Crippen molar-refractivity contribution in [2.45, 2.75) is 6.54 Å². The summed E-state index contributed by atoms with van der Waals surface area (Å²) in [7, 11) is 0. The van der Waals surface area contributed by atoms with Gasteiger partial charge in [-0.2, -0.15) is 5.10 Å². The number of aromatic nitrogens is 6. The molecule has 2 N–H and O–H groups in total. The van der Waals surface area contributed by atoms with Gasteiger partial charge in [0.2, 0.25) is 5.91 Å². The summed E-state index contributed by atoms with van der Waals surface area (Å²) >= 11 is 0. The number of nitrogens with zero attached hydrogens (tertiary/aromatic N) is 6. The number of anilines is 1. The van der Waals surface area contributed by atoms with Crippen molar-refractivity contribution in [3.05, 3.63) is 49.3 Å². The minimum absolute atomic E-state index is 0.119.